The normalized spacial score (nSPS) is 20.6. The fourth-order valence-corrected chi connectivity index (χ4v) is 2.61. The lowest BCUT2D eigenvalue weighted by Crippen LogP contribution is -2.23. The summed E-state index contributed by atoms with van der Waals surface area (Å²) < 4.78 is 10.2. The first-order chi connectivity index (χ1) is 11.0. The molecule has 0 N–H and O–H groups in total. The molecule has 1 fully saturated rings. The van der Waals surface area contributed by atoms with Crippen LogP contribution in [0.1, 0.15) is 60.2 Å². The Balaban J connectivity index is 1.89. The molecule has 23 heavy (non-hydrogen) atoms. The van der Waals surface area contributed by atoms with Crippen molar-refractivity contribution in [3.05, 3.63) is 35.4 Å². The van der Waals surface area contributed by atoms with Gasteiger partial charge in [0.25, 0.3) is 0 Å². The minimum Gasteiger partial charge on any atom is -0.459 e. The lowest BCUT2D eigenvalue weighted by Gasteiger charge is -2.25. The molecule has 0 bridgehead atoms. The number of esters is 2. The highest BCUT2D eigenvalue weighted by molar-refractivity contribution is 5.99. The third kappa shape index (κ3) is 5.20. The number of rotatable bonds is 5. The Labute approximate surface area is 136 Å². The molecule has 1 aliphatic rings. The second kappa shape index (κ2) is 7.90. The van der Waals surface area contributed by atoms with Crippen LogP contribution in [0.4, 0.5) is 0 Å². The van der Waals surface area contributed by atoms with Crippen molar-refractivity contribution in [2.45, 2.75) is 45.6 Å². The topological polar surface area (TPSA) is 69.7 Å². The largest absolute Gasteiger partial charge is 0.459 e. The van der Waals surface area contributed by atoms with Gasteiger partial charge in [0.15, 0.2) is 12.4 Å². The molecule has 0 spiro atoms. The average Bonchev–Trinajstić information content (AvgIpc) is 2.55. The summed E-state index contributed by atoms with van der Waals surface area (Å²) in [7, 11) is 0. The van der Waals surface area contributed by atoms with Gasteiger partial charge in [-0.3, -0.25) is 9.59 Å². The van der Waals surface area contributed by atoms with Crippen molar-refractivity contribution in [2.24, 2.45) is 5.92 Å². The Kier molecular flexibility index (Phi) is 5.90. The molecule has 1 aliphatic carbocycles. The molecule has 1 aromatic rings. The number of hydrogen-bond donors (Lipinski definition) is 0. The third-order valence-corrected chi connectivity index (χ3v) is 4.09. The molecule has 1 saturated carbocycles. The van der Waals surface area contributed by atoms with Crippen LogP contribution in [0.25, 0.3) is 0 Å². The summed E-state index contributed by atoms with van der Waals surface area (Å²) >= 11 is 0. The van der Waals surface area contributed by atoms with Crippen LogP contribution in [-0.2, 0) is 14.3 Å². The van der Waals surface area contributed by atoms with Crippen molar-refractivity contribution in [1.29, 1.82) is 0 Å². The highest BCUT2D eigenvalue weighted by atomic mass is 16.5. The van der Waals surface area contributed by atoms with Gasteiger partial charge in [0, 0.05) is 12.5 Å². The van der Waals surface area contributed by atoms with Gasteiger partial charge in [-0.15, -0.1) is 0 Å². The highest BCUT2D eigenvalue weighted by Gasteiger charge is 2.22. The van der Waals surface area contributed by atoms with E-state index in [0.717, 1.165) is 25.7 Å². The maximum Gasteiger partial charge on any atom is 0.338 e. The Bertz CT molecular complexity index is 568. The minimum absolute atomic E-state index is 0.0102. The van der Waals surface area contributed by atoms with E-state index < -0.39 is 5.97 Å². The minimum atomic E-state index is -0.500. The van der Waals surface area contributed by atoms with E-state index in [2.05, 4.69) is 11.7 Å². The number of benzene rings is 1. The fraction of sp³-hybridized carbons (Fsp3) is 0.500. The van der Waals surface area contributed by atoms with Crippen molar-refractivity contribution in [1.82, 2.24) is 0 Å². The summed E-state index contributed by atoms with van der Waals surface area (Å²) in [6.07, 6.45) is 3.98. The molecule has 124 valence electrons. The number of carbonyl (C=O) groups excluding carboxylic acids is 3. The molecular formula is C18H22O5. The zero-order valence-electron chi connectivity index (χ0n) is 13.5. The standard InChI is InChI=1S/C18H22O5/c1-12-3-9-16(10-4-12)23-18(21)15-7-5-14(6-8-15)17(20)11-22-13(2)19/h5-8,12,16H,3-4,9-11H2,1-2H3. The zero-order chi connectivity index (χ0) is 16.8. The molecule has 0 atom stereocenters. The van der Waals surface area contributed by atoms with E-state index in [1.54, 1.807) is 24.3 Å². The predicted molar refractivity (Wildman–Crippen MR) is 84.2 cm³/mol. The van der Waals surface area contributed by atoms with E-state index in [-0.39, 0.29) is 24.5 Å². The van der Waals surface area contributed by atoms with E-state index in [9.17, 15) is 14.4 Å². The monoisotopic (exact) mass is 318 g/mol. The summed E-state index contributed by atoms with van der Waals surface area (Å²) in [6.45, 7) is 3.17. The van der Waals surface area contributed by atoms with Gasteiger partial charge >= 0.3 is 11.9 Å². The van der Waals surface area contributed by atoms with E-state index in [4.69, 9.17) is 4.74 Å². The molecule has 0 amide bonds. The van der Waals surface area contributed by atoms with E-state index in [0.29, 0.717) is 17.0 Å². The Morgan fingerprint density at radius 3 is 2.13 bits per heavy atom. The van der Waals surface area contributed by atoms with Crippen molar-refractivity contribution in [3.8, 4) is 0 Å². The van der Waals surface area contributed by atoms with Crippen LogP contribution in [0.2, 0.25) is 0 Å². The second-order valence-corrected chi connectivity index (χ2v) is 6.07. The first kappa shape index (κ1) is 17.2. The van der Waals surface area contributed by atoms with Gasteiger partial charge in [-0.25, -0.2) is 4.79 Å². The summed E-state index contributed by atoms with van der Waals surface area (Å²) in [5.74, 6) is -0.460. The van der Waals surface area contributed by atoms with Crippen LogP contribution in [0.15, 0.2) is 24.3 Å². The van der Waals surface area contributed by atoms with Gasteiger partial charge in [-0.1, -0.05) is 19.1 Å². The fourth-order valence-electron chi connectivity index (χ4n) is 2.61. The lowest BCUT2D eigenvalue weighted by atomic mass is 9.89. The number of Topliss-reactive ketones (excluding diaryl/α,β-unsaturated/α-hetero) is 1. The number of ketones is 1. The zero-order valence-corrected chi connectivity index (χ0v) is 13.5. The molecule has 0 radical (unpaired) electrons. The first-order valence-corrected chi connectivity index (χ1v) is 7.93. The summed E-state index contributed by atoms with van der Waals surface area (Å²) in [5.41, 5.74) is 0.821. The van der Waals surface area contributed by atoms with Crippen molar-refractivity contribution < 1.29 is 23.9 Å². The number of ether oxygens (including phenoxy) is 2. The Morgan fingerprint density at radius 2 is 1.57 bits per heavy atom. The van der Waals surface area contributed by atoms with Gasteiger partial charge in [-0.05, 0) is 43.7 Å². The molecular weight excluding hydrogens is 296 g/mol. The average molecular weight is 318 g/mol. The van der Waals surface area contributed by atoms with Crippen LogP contribution in [-0.4, -0.2) is 30.4 Å². The van der Waals surface area contributed by atoms with E-state index in [1.165, 1.54) is 6.92 Å². The first-order valence-electron chi connectivity index (χ1n) is 7.93. The van der Waals surface area contributed by atoms with E-state index in [1.807, 2.05) is 0 Å². The lowest BCUT2D eigenvalue weighted by molar-refractivity contribution is -0.139. The molecule has 5 heteroatoms. The quantitative estimate of drug-likeness (QED) is 0.616. The van der Waals surface area contributed by atoms with Crippen molar-refractivity contribution in [2.75, 3.05) is 6.61 Å². The number of carbonyl (C=O) groups is 3. The SMILES string of the molecule is CC(=O)OCC(=O)c1ccc(C(=O)OC2CCC(C)CC2)cc1. The van der Waals surface area contributed by atoms with Crippen LogP contribution < -0.4 is 0 Å². The molecule has 0 heterocycles. The van der Waals surface area contributed by atoms with Crippen LogP contribution in [0.5, 0.6) is 0 Å². The van der Waals surface area contributed by atoms with E-state index >= 15 is 0 Å². The third-order valence-electron chi connectivity index (χ3n) is 4.09. The molecule has 5 nitrogen and oxygen atoms in total. The van der Waals surface area contributed by atoms with Crippen LogP contribution in [0, 0.1) is 5.92 Å². The van der Waals surface area contributed by atoms with Gasteiger partial charge in [0.1, 0.15) is 6.10 Å². The maximum atomic E-state index is 12.1. The predicted octanol–water partition coefficient (Wildman–Crippen LogP) is 3.17. The highest BCUT2D eigenvalue weighted by Crippen LogP contribution is 2.26. The Morgan fingerprint density at radius 1 is 1.00 bits per heavy atom. The Hall–Kier alpha value is -2.17. The molecule has 2 rings (SSSR count). The van der Waals surface area contributed by atoms with Crippen LogP contribution in [0.3, 0.4) is 0 Å². The summed E-state index contributed by atoms with van der Waals surface area (Å²) in [6, 6.07) is 6.22. The van der Waals surface area contributed by atoms with Crippen molar-refractivity contribution in [3.63, 3.8) is 0 Å². The van der Waals surface area contributed by atoms with Gasteiger partial charge in [0.05, 0.1) is 5.56 Å². The molecule has 0 unspecified atom stereocenters. The van der Waals surface area contributed by atoms with Gasteiger partial charge in [-0.2, -0.15) is 0 Å². The maximum absolute atomic E-state index is 12.1. The summed E-state index contributed by atoms with van der Waals surface area (Å²) in [5, 5.41) is 0. The van der Waals surface area contributed by atoms with Gasteiger partial charge in [0.2, 0.25) is 0 Å². The molecule has 0 aromatic heterocycles. The molecule has 1 aromatic carbocycles. The molecule has 0 saturated heterocycles. The number of hydrogen-bond acceptors (Lipinski definition) is 5. The summed E-state index contributed by atoms with van der Waals surface area (Å²) in [4.78, 5) is 34.6. The van der Waals surface area contributed by atoms with Gasteiger partial charge < -0.3 is 9.47 Å². The molecule has 0 aliphatic heterocycles. The second-order valence-electron chi connectivity index (χ2n) is 6.07. The van der Waals surface area contributed by atoms with Crippen LogP contribution >= 0.6 is 0 Å². The van der Waals surface area contributed by atoms with Crippen molar-refractivity contribution >= 4 is 17.7 Å². The smallest absolute Gasteiger partial charge is 0.338 e.